The molecule has 1 amide bonds. The lowest BCUT2D eigenvalue weighted by Crippen LogP contribution is -2.34. The summed E-state index contributed by atoms with van der Waals surface area (Å²) in [7, 11) is 1.38. The van der Waals surface area contributed by atoms with Gasteiger partial charge in [-0.2, -0.15) is 0 Å². The molecule has 1 unspecified atom stereocenters. The van der Waals surface area contributed by atoms with Crippen LogP contribution in [0.2, 0.25) is 0 Å². The van der Waals surface area contributed by atoms with Crippen molar-refractivity contribution in [3.05, 3.63) is 59.7 Å². The maximum absolute atomic E-state index is 12.7. The van der Waals surface area contributed by atoms with Crippen LogP contribution < -0.4 is 9.64 Å². The van der Waals surface area contributed by atoms with E-state index in [1.165, 1.54) is 7.11 Å². The van der Waals surface area contributed by atoms with E-state index in [4.69, 9.17) is 9.47 Å². The van der Waals surface area contributed by atoms with Crippen LogP contribution in [-0.4, -0.2) is 32.1 Å². The molecule has 0 fully saturated rings. The van der Waals surface area contributed by atoms with Gasteiger partial charge in [0, 0.05) is 18.2 Å². The van der Waals surface area contributed by atoms with Gasteiger partial charge in [-0.3, -0.25) is 9.59 Å². The highest BCUT2D eigenvalue weighted by molar-refractivity contribution is 5.97. The Labute approximate surface area is 147 Å². The minimum atomic E-state index is -0.273. The minimum Gasteiger partial charge on any atom is -0.483 e. The summed E-state index contributed by atoms with van der Waals surface area (Å²) in [5, 5.41) is 0. The minimum absolute atomic E-state index is 0.0376. The van der Waals surface area contributed by atoms with Gasteiger partial charge in [-0.1, -0.05) is 36.4 Å². The molecule has 1 heterocycles. The fourth-order valence-electron chi connectivity index (χ4n) is 3.13. The summed E-state index contributed by atoms with van der Waals surface area (Å²) in [6.45, 7) is 2.37. The molecule has 2 aromatic carbocycles. The molecule has 5 nitrogen and oxygen atoms in total. The predicted octanol–water partition coefficient (Wildman–Crippen LogP) is 3.07. The summed E-state index contributed by atoms with van der Waals surface area (Å²) in [4.78, 5) is 26.0. The Hall–Kier alpha value is -2.82. The molecular weight excluding hydrogens is 318 g/mol. The second-order valence-corrected chi connectivity index (χ2v) is 6.09. The van der Waals surface area contributed by atoms with Crippen molar-refractivity contribution in [1.29, 1.82) is 0 Å². The van der Waals surface area contributed by atoms with Gasteiger partial charge in [-0.25, -0.2) is 0 Å². The van der Waals surface area contributed by atoms with Crippen LogP contribution in [0, 0.1) is 6.92 Å². The van der Waals surface area contributed by atoms with Gasteiger partial charge in [0.05, 0.1) is 13.5 Å². The Morgan fingerprint density at radius 3 is 2.60 bits per heavy atom. The molecule has 0 aliphatic carbocycles. The van der Waals surface area contributed by atoms with Crippen LogP contribution in [0.25, 0.3) is 0 Å². The molecule has 1 aliphatic heterocycles. The van der Waals surface area contributed by atoms with E-state index in [1.54, 1.807) is 4.90 Å². The van der Waals surface area contributed by atoms with E-state index in [0.717, 1.165) is 16.8 Å². The van der Waals surface area contributed by atoms with Crippen LogP contribution in [0.1, 0.15) is 23.5 Å². The van der Waals surface area contributed by atoms with Gasteiger partial charge in [0.15, 0.2) is 6.61 Å². The van der Waals surface area contributed by atoms with Gasteiger partial charge in [0.2, 0.25) is 0 Å². The van der Waals surface area contributed by atoms with Gasteiger partial charge >= 0.3 is 5.97 Å². The molecule has 0 radical (unpaired) electrons. The Morgan fingerprint density at radius 1 is 1.12 bits per heavy atom. The number of anilines is 1. The van der Waals surface area contributed by atoms with Gasteiger partial charge in [-0.05, 0) is 30.2 Å². The highest BCUT2D eigenvalue weighted by Crippen LogP contribution is 2.38. The molecule has 0 bridgehead atoms. The lowest BCUT2D eigenvalue weighted by molar-refractivity contribution is -0.141. The van der Waals surface area contributed by atoms with E-state index >= 15 is 0 Å². The maximum atomic E-state index is 12.7. The normalized spacial score (nSPS) is 15.6. The number of benzene rings is 2. The summed E-state index contributed by atoms with van der Waals surface area (Å²) >= 11 is 0. The topological polar surface area (TPSA) is 55.8 Å². The number of methoxy groups -OCH3 is 1. The highest BCUT2D eigenvalue weighted by Gasteiger charge is 2.33. The molecule has 2 aromatic rings. The zero-order valence-corrected chi connectivity index (χ0v) is 14.4. The first kappa shape index (κ1) is 17.0. The molecule has 5 heteroatoms. The van der Waals surface area contributed by atoms with Crippen molar-refractivity contribution in [2.45, 2.75) is 19.3 Å². The number of para-hydroxylation sites is 2. The lowest BCUT2D eigenvalue weighted by atomic mass is 9.98. The first-order valence-corrected chi connectivity index (χ1v) is 8.24. The van der Waals surface area contributed by atoms with E-state index in [0.29, 0.717) is 12.3 Å². The van der Waals surface area contributed by atoms with Crippen LogP contribution >= 0.6 is 0 Å². The Bertz CT molecular complexity index is 787. The first-order chi connectivity index (χ1) is 12.1. The number of carbonyl (C=O) groups excluding carboxylic acids is 2. The second kappa shape index (κ2) is 7.38. The van der Waals surface area contributed by atoms with Crippen molar-refractivity contribution in [3.8, 4) is 5.75 Å². The van der Waals surface area contributed by atoms with E-state index in [2.05, 4.69) is 0 Å². The molecule has 0 saturated carbocycles. The second-order valence-electron chi connectivity index (χ2n) is 6.09. The van der Waals surface area contributed by atoms with Gasteiger partial charge in [0.1, 0.15) is 5.75 Å². The maximum Gasteiger partial charge on any atom is 0.306 e. The third kappa shape index (κ3) is 3.65. The molecule has 0 N–H and O–H groups in total. The average Bonchev–Trinajstić information content (AvgIpc) is 2.99. The van der Waals surface area contributed by atoms with Crippen molar-refractivity contribution in [2.24, 2.45) is 0 Å². The number of nitrogens with zero attached hydrogens (tertiary/aromatic N) is 1. The zero-order chi connectivity index (χ0) is 17.8. The van der Waals surface area contributed by atoms with Crippen molar-refractivity contribution in [3.63, 3.8) is 0 Å². The quantitative estimate of drug-likeness (QED) is 0.786. The number of esters is 1. The SMILES string of the molecule is COC(=O)CC1CN(C(=O)COc2ccccc2C)c2ccccc21. The molecule has 130 valence electrons. The predicted molar refractivity (Wildman–Crippen MR) is 94.8 cm³/mol. The van der Waals surface area contributed by atoms with E-state index < -0.39 is 0 Å². The van der Waals surface area contributed by atoms with Crippen LogP contribution in [-0.2, 0) is 14.3 Å². The van der Waals surface area contributed by atoms with Crippen LogP contribution in [0.4, 0.5) is 5.69 Å². The summed E-state index contributed by atoms with van der Waals surface area (Å²) in [5.41, 5.74) is 2.83. The third-order valence-corrected chi connectivity index (χ3v) is 4.46. The van der Waals surface area contributed by atoms with Crippen LogP contribution in [0.5, 0.6) is 5.75 Å². The summed E-state index contributed by atoms with van der Waals surface area (Å²) in [6, 6.07) is 15.3. The van der Waals surface area contributed by atoms with Crippen LogP contribution in [0.3, 0.4) is 0 Å². The van der Waals surface area contributed by atoms with Crippen LogP contribution in [0.15, 0.2) is 48.5 Å². The van der Waals surface area contributed by atoms with Crippen molar-refractivity contribution >= 4 is 17.6 Å². The standard InChI is InChI=1S/C20H21NO4/c1-14-7-3-6-10-18(14)25-13-19(22)21-12-15(11-20(23)24-2)16-8-4-5-9-17(16)21/h3-10,15H,11-13H2,1-2H3. The Balaban J connectivity index is 1.72. The van der Waals surface area contributed by atoms with Gasteiger partial charge in [0.25, 0.3) is 5.91 Å². The summed E-state index contributed by atoms with van der Waals surface area (Å²) in [6.07, 6.45) is 0.260. The number of hydrogen-bond acceptors (Lipinski definition) is 4. The third-order valence-electron chi connectivity index (χ3n) is 4.46. The number of ether oxygens (including phenoxy) is 2. The molecule has 0 aromatic heterocycles. The first-order valence-electron chi connectivity index (χ1n) is 8.24. The van der Waals surface area contributed by atoms with E-state index in [9.17, 15) is 9.59 Å². The molecule has 1 atom stereocenters. The molecule has 25 heavy (non-hydrogen) atoms. The molecule has 0 spiro atoms. The number of carbonyl (C=O) groups is 2. The van der Waals surface area contributed by atoms with Crippen molar-refractivity contribution in [1.82, 2.24) is 0 Å². The molecule has 0 saturated heterocycles. The number of fused-ring (bicyclic) bond motifs is 1. The Morgan fingerprint density at radius 2 is 1.84 bits per heavy atom. The number of rotatable bonds is 5. The average molecular weight is 339 g/mol. The van der Waals surface area contributed by atoms with Crippen molar-refractivity contribution in [2.75, 3.05) is 25.2 Å². The largest absolute Gasteiger partial charge is 0.483 e. The van der Waals surface area contributed by atoms with Gasteiger partial charge in [-0.15, -0.1) is 0 Å². The molecular formula is C20H21NO4. The monoisotopic (exact) mass is 339 g/mol. The Kier molecular flexibility index (Phi) is 5.03. The fourth-order valence-corrected chi connectivity index (χ4v) is 3.13. The van der Waals surface area contributed by atoms with E-state index in [1.807, 2.05) is 55.5 Å². The zero-order valence-electron chi connectivity index (χ0n) is 14.4. The summed E-state index contributed by atoms with van der Waals surface area (Å²) < 4.78 is 10.5. The highest BCUT2D eigenvalue weighted by atomic mass is 16.5. The number of aryl methyl sites for hydroxylation is 1. The lowest BCUT2D eigenvalue weighted by Gasteiger charge is -2.18. The number of amides is 1. The smallest absolute Gasteiger partial charge is 0.306 e. The summed E-state index contributed by atoms with van der Waals surface area (Å²) in [5.74, 6) is 0.258. The van der Waals surface area contributed by atoms with Crippen molar-refractivity contribution < 1.29 is 19.1 Å². The molecule has 1 aliphatic rings. The van der Waals surface area contributed by atoms with E-state index in [-0.39, 0.29) is 30.8 Å². The van der Waals surface area contributed by atoms with Gasteiger partial charge < -0.3 is 14.4 Å². The molecule has 3 rings (SSSR count). The number of hydrogen-bond donors (Lipinski definition) is 0. The fraction of sp³-hybridized carbons (Fsp3) is 0.300.